The molecule has 1 heterocycles. The number of likely N-dealkylation sites (tertiary alicyclic amines) is 1. The van der Waals surface area contributed by atoms with Gasteiger partial charge in [0.25, 0.3) is 0 Å². The van der Waals surface area contributed by atoms with E-state index >= 15 is 0 Å². The molecule has 0 aromatic heterocycles. The molecule has 0 unspecified atom stereocenters. The quantitative estimate of drug-likeness (QED) is 0.768. The van der Waals surface area contributed by atoms with Gasteiger partial charge < -0.3 is 4.90 Å². The van der Waals surface area contributed by atoms with Crippen LogP contribution in [0.15, 0.2) is 0 Å². The number of carbonyl (C=O) groups is 2. The lowest BCUT2D eigenvalue weighted by molar-refractivity contribution is -0.148. The van der Waals surface area contributed by atoms with E-state index in [0.29, 0.717) is 6.54 Å². The number of amides is 1. The number of nitrogens with zero attached hydrogens (tertiary/aromatic N) is 1. The summed E-state index contributed by atoms with van der Waals surface area (Å²) >= 11 is 0. The first kappa shape index (κ1) is 16.2. The van der Waals surface area contributed by atoms with Crippen molar-refractivity contribution in [1.29, 1.82) is 0 Å². The summed E-state index contributed by atoms with van der Waals surface area (Å²) in [4.78, 5) is 26.8. The molecule has 0 bridgehead atoms. The van der Waals surface area contributed by atoms with Crippen molar-refractivity contribution in [2.24, 2.45) is 10.8 Å². The fourth-order valence-electron chi connectivity index (χ4n) is 3.41. The number of carbonyl (C=O) groups excluding carboxylic acids is 2. The minimum absolute atomic E-state index is 0.0267. The number of ketones is 1. The highest BCUT2D eigenvalue weighted by atomic mass is 16.2. The molecule has 0 aromatic rings. The second-order valence-corrected chi connectivity index (χ2v) is 8.12. The highest BCUT2D eigenvalue weighted by Crippen LogP contribution is 2.43. The Hall–Kier alpha value is -0.860. The van der Waals surface area contributed by atoms with Gasteiger partial charge in [-0.3, -0.25) is 9.59 Å². The van der Waals surface area contributed by atoms with Crippen molar-refractivity contribution in [3.8, 4) is 0 Å². The lowest BCUT2D eigenvalue weighted by atomic mass is 9.69. The van der Waals surface area contributed by atoms with Crippen molar-refractivity contribution in [2.45, 2.75) is 73.3 Å². The van der Waals surface area contributed by atoms with Crippen LogP contribution >= 0.6 is 0 Å². The summed E-state index contributed by atoms with van der Waals surface area (Å²) < 4.78 is 0. The molecule has 1 aliphatic rings. The molecule has 0 aliphatic carbocycles. The third kappa shape index (κ3) is 3.37. The number of rotatable bonds is 2. The fourth-order valence-corrected chi connectivity index (χ4v) is 3.41. The second kappa shape index (κ2) is 4.92. The third-order valence-corrected chi connectivity index (χ3v) is 3.80. The monoisotopic (exact) mass is 267 g/mol. The molecule has 1 fully saturated rings. The van der Waals surface area contributed by atoms with Crippen LogP contribution in [0.5, 0.6) is 0 Å². The lowest BCUT2D eigenvalue weighted by Crippen LogP contribution is -2.57. The van der Waals surface area contributed by atoms with Gasteiger partial charge in [-0.2, -0.15) is 0 Å². The van der Waals surface area contributed by atoms with Crippen molar-refractivity contribution >= 4 is 11.7 Å². The van der Waals surface area contributed by atoms with Crippen LogP contribution in [-0.4, -0.2) is 28.7 Å². The molecular weight excluding hydrogens is 238 g/mol. The molecule has 0 radical (unpaired) electrons. The Labute approximate surface area is 117 Å². The third-order valence-electron chi connectivity index (χ3n) is 3.80. The SMILES string of the molecule is CC(=O)N1CCC[C@@]1(CC(C)(C)C)C(=O)C(C)(C)C. The maximum Gasteiger partial charge on any atom is 0.220 e. The molecule has 0 spiro atoms. The largest absolute Gasteiger partial charge is 0.330 e. The van der Waals surface area contributed by atoms with Gasteiger partial charge in [0.1, 0.15) is 5.54 Å². The van der Waals surface area contributed by atoms with Gasteiger partial charge in [0, 0.05) is 18.9 Å². The van der Waals surface area contributed by atoms with Gasteiger partial charge in [0.15, 0.2) is 5.78 Å². The van der Waals surface area contributed by atoms with E-state index in [2.05, 4.69) is 20.8 Å². The van der Waals surface area contributed by atoms with Gasteiger partial charge >= 0.3 is 0 Å². The predicted octanol–water partition coefficient (Wildman–Crippen LogP) is 3.42. The van der Waals surface area contributed by atoms with Crippen LogP contribution in [-0.2, 0) is 9.59 Å². The van der Waals surface area contributed by atoms with E-state index in [4.69, 9.17) is 0 Å². The molecule has 110 valence electrons. The van der Waals surface area contributed by atoms with E-state index in [9.17, 15) is 9.59 Å². The van der Waals surface area contributed by atoms with E-state index in [1.165, 1.54) is 0 Å². The van der Waals surface area contributed by atoms with Crippen LogP contribution in [0.3, 0.4) is 0 Å². The van der Waals surface area contributed by atoms with E-state index in [1.807, 2.05) is 25.7 Å². The number of hydrogen-bond donors (Lipinski definition) is 0. The van der Waals surface area contributed by atoms with Crippen LogP contribution in [0.2, 0.25) is 0 Å². The normalized spacial score (nSPS) is 24.7. The standard InChI is InChI=1S/C16H29NO2/c1-12(18)17-10-8-9-16(17,11-14(2,3)4)13(19)15(5,6)7/h8-11H2,1-7H3/t16-/m1/s1. The first-order valence-corrected chi connectivity index (χ1v) is 7.23. The Kier molecular flexibility index (Phi) is 4.19. The Balaban J connectivity index is 3.25. The van der Waals surface area contributed by atoms with Gasteiger partial charge in [-0.15, -0.1) is 0 Å². The summed E-state index contributed by atoms with van der Waals surface area (Å²) in [6, 6.07) is 0. The predicted molar refractivity (Wildman–Crippen MR) is 77.9 cm³/mol. The maximum atomic E-state index is 13.0. The van der Waals surface area contributed by atoms with E-state index in [-0.39, 0.29) is 17.1 Å². The molecule has 1 aliphatic heterocycles. The van der Waals surface area contributed by atoms with Crippen molar-refractivity contribution in [3.05, 3.63) is 0 Å². The van der Waals surface area contributed by atoms with E-state index in [1.54, 1.807) is 6.92 Å². The van der Waals surface area contributed by atoms with Gasteiger partial charge in [-0.05, 0) is 24.7 Å². The zero-order valence-electron chi connectivity index (χ0n) is 13.6. The first-order chi connectivity index (χ1) is 8.40. The maximum absolute atomic E-state index is 13.0. The number of Topliss-reactive ketones (excluding diaryl/α,β-unsaturated/α-hetero) is 1. The molecule has 1 saturated heterocycles. The summed E-state index contributed by atoms with van der Waals surface area (Å²) in [6.07, 6.45) is 2.48. The van der Waals surface area contributed by atoms with Crippen molar-refractivity contribution < 1.29 is 9.59 Å². The van der Waals surface area contributed by atoms with Crippen LogP contribution in [0.1, 0.15) is 67.7 Å². The minimum atomic E-state index is -0.595. The zero-order chi connectivity index (χ0) is 15.1. The molecular formula is C16H29NO2. The average Bonchev–Trinajstić information content (AvgIpc) is 2.57. The topological polar surface area (TPSA) is 37.4 Å². The Morgan fingerprint density at radius 3 is 2.00 bits per heavy atom. The molecule has 3 heteroatoms. The minimum Gasteiger partial charge on any atom is -0.330 e. The summed E-state index contributed by atoms with van der Waals surface area (Å²) in [5.41, 5.74) is -0.982. The molecule has 1 amide bonds. The highest BCUT2D eigenvalue weighted by molar-refractivity contribution is 5.96. The Morgan fingerprint density at radius 2 is 1.63 bits per heavy atom. The van der Waals surface area contributed by atoms with Crippen LogP contribution in [0, 0.1) is 10.8 Å². The van der Waals surface area contributed by atoms with Gasteiger partial charge in [-0.1, -0.05) is 41.5 Å². The van der Waals surface area contributed by atoms with E-state index in [0.717, 1.165) is 19.3 Å². The molecule has 0 aromatic carbocycles. The van der Waals surface area contributed by atoms with Crippen molar-refractivity contribution in [3.63, 3.8) is 0 Å². The molecule has 1 rings (SSSR count). The molecule has 3 nitrogen and oxygen atoms in total. The smallest absolute Gasteiger partial charge is 0.220 e. The summed E-state index contributed by atoms with van der Waals surface area (Å²) in [6.45, 7) is 14.6. The second-order valence-electron chi connectivity index (χ2n) is 8.12. The van der Waals surface area contributed by atoms with Gasteiger partial charge in [-0.25, -0.2) is 0 Å². The number of hydrogen-bond acceptors (Lipinski definition) is 2. The molecule has 1 atom stereocenters. The van der Waals surface area contributed by atoms with Crippen molar-refractivity contribution in [2.75, 3.05) is 6.54 Å². The van der Waals surface area contributed by atoms with E-state index < -0.39 is 11.0 Å². The van der Waals surface area contributed by atoms with Gasteiger partial charge in [0.2, 0.25) is 5.91 Å². The summed E-state index contributed by atoms with van der Waals surface area (Å²) in [5, 5.41) is 0. The van der Waals surface area contributed by atoms with Crippen LogP contribution < -0.4 is 0 Å². The summed E-state index contributed by atoms with van der Waals surface area (Å²) in [7, 11) is 0. The zero-order valence-corrected chi connectivity index (χ0v) is 13.6. The average molecular weight is 267 g/mol. The van der Waals surface area contributed by atoms with Crippen LogP contribution in [0.25, 0.3) is 0 Å². The van der Waals surface area contributed by atoms with Crippen molar-refractivity contribution in [1.82, 2.24) is 4.90 Å². The molecule has 19 heavy (non-hydrogen) atoms. The lowest BCUT2D eigenvalue weighted by Gasteiger charge is -2.44. The fraction of sp³-hybridized carbons (Fsp3) is 0.875. The molecule has 0 N–H and O–H groups in total. The summed E-state index contributed by atoms with van der Waals surface area (Å²) in [5.74, 6) is 0.238. The first-order valence-electron chi connectivity index (χ1n) is 7.23. The van der Waals surface area contributed by atoms with Gasteiger partial charge in [0.05, 0.1) is 0 Å². The van der Waals surface area contributed by atoms with Crippen LogP contribution in [0.4, 0.5) is 0 Å². The Bertz CT molecular complexity index is 373. The Morgan fingerprint density at radius 1 is 1.11 bits per heavy atom. The highest BCUT2D eigenvalue weighted by Gasteiger charge is 2.52. The molecule has 0 saturated carbocycles.